The number of nitrogens with one attached hydrogen (secondary N) is 2. The summed E-state index contributed by atoms with van der Waals surface area (Å²) in [5.41, 5.74) is -3.60. The SMILES string of the molecule is CC[C@@H]1C[C@H](C)CCC=C[C@@H]2C[C@@]2(C(=O)NS(=O)(=O)C2(C)CC2)NC(=O)[C@@H]2C[C@@H](Oc3cc(OC)nc4cc(OC)ccc34)CN2C(=O)[C@H]1N(C(=O)O)C(C)(C)C(C)(F)F. The Morgan fingerprint density at radius 2 is 1.82 bits per heavy atom. The van der Waals surface area contributed by atoms with E-state index in [-0.39, 0.29) is 43.4 Å². The molecule has 0 spiro atoms. The van der Waals surface area contributed by atoms with Crippen molar-refractivity contribution in [3.63, 3.8) is 0 Å². The van der Waals surface area contributed by atoms with Crippen molar-refractivity contribution in [2.75, 3.05) is 20.8 Å². The number of fused-ring (bicyclic) bond motifs is 3. The average molecular weight is 862 g/mol. The van der Waals surface area contributed by atoms with Crippen LogP contribution in [0.1, 0.15) is 92.9 Å². The summed E-state index contributed by atoms with van der Waals surface area (Å²) < 4.78 is 76.0. The predicted octanol–water partition coefficient (Wildman–Crippen LogP) is 5.66. The standard InChI is InChI=1S/C42H57F2N5O10S/c1-9-25-18-24(2)12-10-11-13-26-22-42(26,37(52)47-60(55,56)40(5)16-17-40)46-35(50)31-20-28(59-32-21-33(58-8)45-30-19-27(57-7)14-15-29(30)32)23-48(31)36(51)34(25)49(38(53)54)39(3,4)41(6,43)44/h11,13-15,19,21,24-26,28,31,34H,9-10,12,16-18,20,22-23H2,1-8H3,(H,46,50)(H,47,52)(H,53,54)/t24-,25-,26-,28-,31+,34+,42-/m1/s1. The van der Waals surface area contributed by atoms with Gasteiger partial charge in [-0.3, -0.25) is 24.0 Å². The molecule has 4 amide bonds. The second kappa shape index (κ2) is 16.3. The first kappa shape index (κ1) is 44.8. The van der Waals surface area contributed by atoms with Gasteiger partial charge in [-0.15, -0.1) is 0 Å². The smallest absolute Gasteiger partial charge is 0.408 e. The maximum absolute atomic E-state index is 15.5. The van der Waals surface area contributed by atoms with Crippen LogP contribution < -0.4 is 24.2 Å². The zero-order valence-electron chi connectivity index (χ0n) is 35.4. The molecule has 2 aromatic rings. The summed E-state index contributed by atoms with van der Waals surface area (Å²) in [5, 5.41) is 14.1. The third kappa shape index (κ3) is 8.44. The van der Waals surface area contributed by atoms with Gasteiger partial charge < -0.3 is 29.5 Å². The van der Waals surface area contributed by atoms with E-state index in [9.17, 15) is 27.9 Å². The quantitative estimate of drug-likeness (QED) is 0.236. The zero-order chi connectivity index (χ0) is 44.2. The van der Waals surface area contributed by atoms with Crippen LogP contribution in [-0.2, 0) is 24.4 Å². The molecule has 7 atom stereocenters. The second-order valence-electron chi connectivity index (χ2n) is 17.7. The van der Waals surface area contributed by atoms with Crippen molar-refractivity contribution >= 4 is 44.7 Å². The summed E-state index contributed by atoms with van der Waals surface area (Å²) >= 11 is 0. The number of carboxylic acid groups (broad SMARTS) is 1. The normalized spacial score (nSPS) is 28.3. The Morgan fingerprint density at radius 3 is 2.42 bits per heavy atom. The number of sulfonamides is 1. The summed E-state index contributed by atoms with van der Waals surface area (Å²) in [6.45, 7) is 7.74. The maximum atomic E-state index is 15.5. The molecule has 3 heterocycles. The van der Waals surface area contributed by atoms with Crippen molar-refractivity contribution in [1.29, 1.82) is 0 Å². The molecule has 0 bridgehead atoms. The van der Waals surface area contributed by atoms with E-state index >= 15 is 13.6 Å². The molecule has 18 heteroatoms. The first-order valence-corrected chi connectivity index (χ1v) is 22.0. The molecule has 6 rings (SSSR count). The summed E-state index contributed by atoms with van der Waals surface area (Å²) in [6.07, 6.45) is 3.33. The van der Waals surface area contributed by atoms with Crippen LogP contribution in [-0.4, -0.2) is 113 Å². The molecule has 0 unspecified atom stereocenters. The molecule has 15 nitrogen and oxygen atoms in total. The van der Waals surface area contributed by atoms with Crippen molar-refractivity contribution in [3.8, 4) is 17.4 Å². The average Bonchev–Trinajstić information content (AvgIpc) is 4.06. The van der Waals surface area contributed by atoms with E-state index in [4.69, 9.17) is 14.2 Å². The van der Waals surface area contributed by atoms with Crippen molar-refractivity contribution in [1.82, 2.24) is 24.8 Å². The van der Waals surface area contributed by atoms with Gasteiger partial charge in [0.1, 0.15) is 40.8 Å². The first-order chi connectivity index (χ1) is 28.0. The second-order valence-corrected chi connectivity index (χ2v) is 19.9. The fraction of sp³-hybridized carbons (Fsp3) is 0.643. The van der Waals surface area contributed by atoms with E-state index < -0.39 is 85.6 Å². The van der Waals surface area contributed by atoms with Gasteiger partial charge in [-0.05, 0) is 83.3 Å². The highest BCUT2D eigenvalue weighted by molar-refractivity contribution is 7.91. The zero-order valence-corrected chi connectivity index (χ0v) is 36.2. The van der Waals surface area contributed by atoms with Crippen molar-refractivity contribution in [2.24, 2.45) is 17.8 Å². The molecule has 330 valence electrons. The molecule has 60 heavy (non-hydrogen) atoms. The lowest BCUT2D eigenvalue weighted by Gasteiger charge is -2.47. The number of carbonyl (C=O) groups excluding carboxylic acids is 3. The maximum Gasteiger partial charge on any atom is 0.408 e. The molecule has 1 aromatic carbocycles. The van der Waals surface area contributed by atoms with Gasteiger partial charge in [-0.25, -0.2) is 27.0 Å². The van der Waals surface area contributed by atoms with Crippen molar-refractivity contribution in [3.05, 3.63) is 36.4 Å². The van der Waals surface area contributed by atoms with E-state index in [1.165, 1.54) is 26.0 Å². The van der Waals surface area contributed by atoms with Crippen LogP contribution in [0.15, 0.2) is 36.4 Å². The van der Waals surface area contributed by atoms with E-state index in [2.05, 4.69) is 15.0 Å². The van der Waals surface area contributed by atoms with Gasteiger partial charge in [0.05, 0.1) is 31.0 Å². The van der Waals surface area contributed by atoms with Gasteiger partial charge in [0.2, 0.25) is 27.7 Å². The minimum Gasteiger partial charge on any atom is -0.497 e. The van der Waals surface area contributed by atoms with Gasteiger partial charge in [-0.2, -0.15) is 0 Å². The number of nitrogens with zero attached hydrogens (tertiary/aromatic N) is 3. The third-order valence-electron chi connectivity index (χ3n) is 13.2. The molecule has 0 radical (unpaired) electrons. The summed E-state index contributed by atoms with van der Waals surface area (Å²) in [7, 11) is -1.17. The molecule has 2 aliphatic heterocycles. The van der Waals surface area contributed by atoms with Crippen LogP contribution in [0.2, 0.25) is 0 Å². The molecule has 3 fully saturated rings. The largest absolute Gasteiger partial charge is 0.497 e. The molecular weight excluding hydrogens is 805 g/mol. The van der Waals surface area contributed by atoms with E-state index in [0.29, 0.717) is 60.6 Å². The number of benzene rings is 1. The van der Waals surface area contributed by atoms with E-state index in [1.807, 2.05) is 13.0 Å². The first-order valence-electron chi connectivity index (χ1n) is 20.5. The summed E-state index contributed by atoms with van der Waals surface area (Å²) in [4.78, 5) is 63.5. The fourth-order valence-corrected chi connectivity index (χ4v) is 9.82. The Balaban J connectivity index is 1.45. The number of methoxy groups -OCH3 is 2. The highest BCUT2D eigenvalue weighted by Crippen LogP contribution is 2.48. The van der Waals surface area contributed by atoms with Crippen molar-refractivity contribution < 1.29 is 55.7 Å². The minimum atomic E-state index is -4.10. The van der Waals surface area contributed by atoms with E-state index in [1.54, 1.807) is 37.3 Å². The number of hydrogen-bond donors (Lipinski definition) is 3. The minimum absolute atomic E-state index is 0.0861. The number of amides is 4. The predicted molar refractivity (Wildman–Crippen MR) is 217 cm³/mol. The Morgan fingerprint density at radius 1 is 1.12 bits per heavy atom. The third-order valence-corrected chi connectivity index (χ3v) is 15.3. The van der Waals surface area contributed by atoms with E-state index in [0.717, 1.165) is 13.8 Å². The highest BCUT2D eigenvalue weighted by Gasteiger charge is 2.63. The van der Waals surface area contributed by atoms with Crippen LogP contribution >= 0.6 is 0 Å². The number of carbonyl (C=O) groups is 4. The number of halogens is 2. The number of pyridine rings is 1. The topological polar surface area (TPSA) is 194 Å². The lowest BCUT2D eigenvalue weighted by Crippen LogP contribution is -2.67. The Bertz CT molecular complexity index is 2150. The van der Waals surface area contributed by atoms with Gasteiger partial charge >= 0.3 is 6.09 Å². The summed E-state index contributed by atoms with van der Waals surface area (Å²) in [6, 6.07) is 3.60. The van der Waals surface area contributed by atoms with Gasteiger partial charge in [-0.1, -0.05) is 32.4 Å². The Kier molecular flexibility index (Phi) is 12.1. The molecule has 3 N–H and O–H groups in total. The van der Waals surface area contributed by atoms with Crippen molar-refractivity contribution in [2.45, 2.75) is 133 Å². The number of rotatable bonds is 11. The van der Waals surface area contributed by atoms with Gasteiger partial charge in [0, 0.05) is 36.8 Å². The Hall–Kier alpha value is -4.74. The van der Waals surface area contributed by atoms with Gasteiger partial charge in [0.25, 0.3) is 11.8 Å². The monoisotopic (exact) mass is 861 g/mol. The number of alkyl halides is 2. The molecule has 4 aliphatic rings. The van der Waals surface area contributed by atoms with Crippen LogP contribution in [0, 0.1) is 17.8 Å². The Labute approximate surface area is 349 Å². The molecule has 1 saturated heterocycles. The van der Waals surface area contributed by atoms with Crippen LogP contribution in [0.25, 0.3) is 10.9 Å². The highest BCUT2D eigenvalue weighted by atomic mass is 32.2. The molecule has 1 aromatic heterocycles. The number of ether oxygens (including phenoxy) is 3. The lowest BCUT2D eigenvalue weighted by atomic mass is 9.81. The van der Waals surface area contributed by atoms with Crippen LogP contribution in [0.4, 0.5) is 13.6 Å². The van der Waals surface area contributed by atoms with Crippen LogP contribution in [0.5, 0.6) is 17.4 Å². The number of allylic oxidation sites excluding steroid dienone is 1. The lowest BCUT2D eigenvalue weighted by molar-refractivity contribution is -0.157. The molecule has 2 aliphatic carbocycles. The molecule has 2 saturated carbocycles. The van der Waals surface area contributed by atoms with Crippen LogP contribution in [0.3, 0.4) is 0 Å². The molecular formula is C42H57F2N5O10S. The number of hydrogen-bond acceptors (Lipinski definition) is 10. The van der Waals surface area contributed by atoms with Gasteiger partial charge in [0.15, 0.2) is 0 Å². The number of aromatic nitrogens is 1. The fourth-order valence-electron chi connectivity index (χ4n) is 8.51. The summed E-state index contributed by atoms with van der Waals surface area (Å²) in [5.74, 6) is -6.60.